The topological polar surface area (TPSA) is 38.8 Å². The molecule has 1 unspecified atom stereocenters. The fraction of sp³-hybridized carbons (Fsp3) is 0.278. The van der Waals surface area contributed by atoms with Gasteiger partial charge in [0.2, 0.25) is 0 Å². The first-order valence-electron chi connectivity index (χ1n) is 7.36. The number of ether oxygens (including phenoxy) is 2. The number of benzene rings is 2. The van der Waals surface area contributed by atoms with E-state index in [9.17, 15) is 4.79 Å². The lowest BCUT2D eigenvalue weighted by Gasteiger charge is -2.28. The highest BCUT2D eigenvalue weighted by Gasteiger charge is 2.17. The van der Waals surface area contributed by atoms with E-state index in [1.807, 2.05) is 42.5 Å². The average Bonchev–Trinajstić information content (AvgIpc) is 2.54. The minimum atomic E-state index is -0.653. The van der Waals surface area contributed by atoms with Gasteiger partial charge in [0.05, 0.1) is 6.54 Å². The van der Waals surface area contributed by atoms with Crippen molar-refractivity contribution in [1.29, 1.82) is 0 Å². The lowest BCUT2D eigenvalue weighted by molar-refractivity contribution is -0.146. The molecule has 0 aliphatic heterocycles. The molecule has 0 radical (unpaired) electrons. The molecular formula is C18H21NO3. The number of hydrogen-bond donors (Lipinski definition) is 0. The molecule has 1 atom stereocenters. The van der Waals surface area contributed by atoms with Crippen LogP contribution in [-0.2, 0) is 9.53 Å². The van der Waals surface area contributed by atoms with E-state index < -0.39 is 6.29 Å². The Morgan fingerprint density at radius 1 is 1.09 bits per heavy atom. The van der Waals surface area contributed by atoms with Crippen molar-refractivity contribution >= 4 is 12.2 Å². The summed E-state index contributed by atoms with van der Waals surface area (Å²) in [4.78, 5) is 12.9. The van der Waals surface area contributed by atoms with E-state index in [0.29, 0.717) is 18.8 Å². The van der Waals surface area contributed by atoms with Crippen molar-refractivity contribution < 1.29 is 14.3 Å². The summed E-state index contributed by atoms with van der Waals surface area (Å²) in [5, 5.41) is 0. The molecule has 2 aromatic carbocycles. The molecule has 0 aromatic heterocycles. The van der Waals surface area contributed by atoms with Gasteiger partial charge in [-0.2, -0.15) is 0 Å². The first-order valence-corrected chi connectivity index (χ1v) is 7.36. The maximum absolute atomic E-state index is 10.8. The molecule has 0 aliphatic carbocycles. The molecule has 0 N–H and O–H groups in total. The van der Waals surface area contributed by atoms with Crippen molar-refractivity contribution in [2.75, 3.05) is 18.0 Å². The van der Waals surface area contributed by atoms with Crippen LogP contribution in [0.25, 0.3) is 0 Å². The summed E-state index contributed by atoms with van der Waals surface area (Å²) in [5.41, 5.74) is 2.29. The zero-order valence-electron chi connectivity index (χ0n) is 12.9. The molecule has 4 nitrogen and oxygen atoms in total. The standard InChI is InChI=1S/C18H21NO3/c1-3-19(17-12-8-7-9-15(17)2)13-18(21-14-20)22-16-10-5-4-6-11-16/h4-12,14,18H,3,13H2,1-2H3. The van der Waals surface area contributed by atoms with Crippen LogP contribution in [0.5, 0.6) is 5.75 Å². The van der Waals surface area contributed by atoms with Gasteiger partial charge in [0, 0.05) is 12.2 Å². The average molecular weight is 299 g/mol. The number of nitrogens with zero attached hydrogens (tertiary/aromatic N) is 1. The van der Waals surface area contributed by atoms with E-state index >= 15 is 0 Å². The fourth-order valence-electron chi connectivity index (χ4n) is 2.32. The quantitative estimate of drug-likeness (QED) is 0.553. The first-order chi connectivity index (χ1) is 10.7. The van der Waals surface area contributed by atoms with Crippen molar-refractivity contribution in [1.82, 2.24) is 0 Å². The van der Waals surface area contributed by atoms with Gasteiger partial charge in [-0.15, -0.1) is 0 Å². The summed E-state index contributed by atoms with van der Waals surface area (Å²) in [6, 6.07) is 17.5. The van der Waals surface area contributed by atoms with Gasteiger partial charge in [0.1, 0.15) is 5.75 Å². The molecule has 0 saturated carbocycles. The molecule has 0 amide bonds. The van der Waals surface area contributed by atoms with Gasteiger partial charge in [-0.1, -0.05) is 36.4 Å². The molecule has 0 bridgehead atoms. The normalized spacial score (nSPS) is 11.5. The Kier molecular flexibility index (Phi) is 5.83. The minimum Gasteiger partial charge on any atom is -0.453 e. The van der Waals surface area contributed by atoms with Crippen molar-refractivity contribution in [3.05, 3.63) is 60.2 Å². The molecule has 22 heavy (non-hydrogen) atoms. The largest absolute Gasteiger partial charge is 0.453 e. The van der Waals surface area contributed by atoms with E-state index in [1.165, 1.54) is 5.56 Å². The van der Waals surface area contributed by atoms with E-state index in [1.54, 1.807) is 0 Å². The van der Waals surface area contributed by atoms with Gasteiger partial charge in [0.15, 0.2) is 0 Å². The van der Waals surface area contributed by atoms with Crippen LogP contribution < -0.4 is 9.64 Å². The summed E-state index contributed by atoms with van der Waals surface area (Å²) in [6.45, 7) is 5.81. The van der Waals surface area contributed by atoms with Gasteiger partial charge in [0.25, 0.3) is 12.8 Å². The molecule has 116 valence electrons. The second-order valence-electron chi connectivity index (χ2n) is 4.92. The third kappa shape index (κ3) is 4.25. The zero-order valence-corrected chi connectivity index (χ0v) is 12.9. The molecule has 2 rings (SSSR count). The van der Waals surface area contributed by atoms with Crippen LogP contribution in [0.1, 0.15) is 12.5 Å². The number of carbonyl (C=O) groups is 1. The lowest BCUT2D eigenvalue weighted by atomic mass is 10.2. The summed E-state index contributed by atoms with van der Waals surface area (Å²) >= 11 is 0. The van der Waals surface area contributed by atoms with Crippen LogP contribution in [0, 0.1) is 6.92 Å². The highest BCUT2D eigenvalue weighted by atomic mass is 16.7. The lowest BCUT2D eigenvalue weighted by Crippen LogP contribution is -2.37. The molecule has 2 aromatic rings. The molecule has 0 fully saturated rings. The smallest absolute Gasteiger partial charge is 0.296 e. The highest BCUT2D eigenvalue weighted by Crippen LogP contribution is 2.20. The predicted molar refractivity (Wildman–Crippen MR) is 87.1 cm³/mol. The first kappa shape index (κ1) is 15.9. The Morgan fingerprint density at radius 3 is 2.41 bits per heavy atom. The van der Waals surface area contributed by atoms with Gasteiger partial charge in [-0.05, 0) is 37.6 Å². The molecule has 0 saturated heterocycles. The van der Waals surface area contributed by atoms with Crippen LogP contribution in [0.15, 0.2) is 54.6 Å². The van der Waals surface area contributed by atoms with Crippen LogP contribution >= 0.6 is 0 Å². The van der Waals surface area contributed by atoms with Crippen LogP contribution in [0.3, 0.4) is 0 Å². The third-order valence-corrected chi connectivity index (χ3v) is 3.43. The molecule has 4 heteroatoms. The number of likely N-dealkylation sites (N-methyl/N-ethyl adjacent to an activating group) is 1. The number of rotatable bonds is 8. The van der Waals surface area contributed by atoms with Crippen LogP contribution in [0.2, 0.25) is 0 Å². The number of hydrogen-bond acceptors (Lipinski definition) is 4. The number of carbonyl (C=O) groups excluding carboxylic acids is 1. The third-order valence-electron chi connectivity index (χ3n) is 3.43. The Morgan fingerprint density at radius 2 is 1.77 bits per heavy atom. The number of para-hydroxylation sites is 2. The van der Waals surface area contributed by atoms with Gasteiger partial charge in [-0.25, -0.2) is 0 Å². The van der Waals surface area contributed by atoms with Crippen molar-refractivity contribution in [3.63, 3.8) is 0 Å². The zero-order chi connectivity index (χ0) is 15.8. The van der Waals surface area contributed by atoms with Crippen molar-refractivity contribution in [2.24, 2.45) is 0 Å². The maximum atomic E-state index is 10.8. The van der Waals surface area contributed by atoms with Crippen LogP contribution in [0.4, 0.5) is 5.69 Å². The van der Waals surface area contributed by atoms with Crippen LogP contribution in [-0.4, -0.2) is 25.9 Å². The van der Waals surface area contributed by atoms with Crippen molar-refractivity contribution in [2.45, 2.75) is 20.1 Å². The second-order valence-corrected chi connectivity index (χ2v) is 4.92. The minimum absolute atomic E-state index is 0.430. The molecule has 0 aliphatic rings. The SMILES string of the molecule is CCN(CC(OC=O)Oc1ccccc1)c1ccccc1C. The fourth-order valence-corrected chi connectivity index (χ4v) is 2.32. The monoisotopic (exact) mass is 299 g/mol. The Labute approximate surface area is 131 Å². The summed E-state index contributed by atoms with van der Waals surface area (Å²) < 4.78 is 10.8. The Balaban J connectivity index is 2.11. The predicted octanol–water partition coefficient (Wildman–Crippen LogP) is 3.40. The van der Waals surface area contributed by atoms with E-state index in [4.69, 9.17) is 9.47 Å². The van der Waals surface area contributed by atoms with Gasteiger partial charge in [-0.3, -0.25) is 4.79 Å². The Bertz CT molecular complexity index is 586. The van der Waals surface area contributed by atoms with Crippen molar-refractivity contribution in [3.8, 4) is 5.75 Å². The Hall–Kier alpha value is -2.49. The van der Waals surface area contributed by atoms with Gasteiger partial charge < -0.3 is 14.4 Å². The number of aryl methyl sites for hydroxylation is 1. The highest BCUT2D eigenvalue weighted by molar-refractivity contribution is 5.53. The summed E-state index contributed by atoms with van der Waals surface area (Å²) in [7, 11) is 0. The van der Waals surface area contributed by atoms with E-state index in [-0.39, 0.29) is 0 Å². The van der Waals surface area contributed by atoms with E-state index in [2.05, 4.69) is 30.9 Å². The van der Waals surface area contributed by atoms with Gasteiger partial charge >= 0.3 is 0 Å². The summed E-state index contributed by atoms with van der Waals surface area (Å²) in [6.07, 6.45) is -0.653. The molecule has 0 spiro atoms. The van der Waals surface area contributed by atoms with E-state index in [0.717, 1.165) is 12.2 Å². The molecule has 0 heterocycles. The maximum Gasteiger partial charge on any atom is 0.296 e. The summed E-state index contributed by atoms with van der Waals surface area (Å²) in [5.74, 6) is 0.676. The second kappa shape index (κ2) is 8.08. The molecular weight excluding hydrogens is 278 g/mol. The number of anilines is 1.